The van der Waals surface area contributed by atoms with Crippen molar-refractivity contribution in [3.05, 3.63) is 48.0 Å². The predicted molar refractivity (Wildman–Crippen MR) is 122 cm³/mol. The van der Waals surface area contributed by atoms with E-state index < -0.39 is 0 Å². The number of methoxy groups -OCH3 is 1. The Morgan fingerprint density at radius 1 is 0.900 bits per heavy atom. The Bertz CT molecular complexity index is 594. The monoisotopic (exact) mass is 416 g/mol. The molecule has 1 atom stereocenters. The zero-order valence-electron chi connectivity index (χ0n) is 18.9. The number of ether oxygens (including phenoxy) is 2. The summed E-state index contributed by atoms with van der Waals surface area (Å²) in [5.74, 6) is -0.341. The van der Waals surface area contributed by atoms with E-state index in [1.807, 2.05) is 18.2 Å². The molecule has 0 N–H and O–H groups in total. The van der Waals surface area contributed by atoms with Crippen LogP contribution in [-0.4, -0.2) is 25.2 Å². The first-order chi connectivity index (χ1) is 14.7. The third-order valence-electron chi connectivity index (χ3n) is 5.21. The summed E-state index contributed by atoms with van der Waals surface area (Å²) < 4.78 is 10.4. The summed E-state index contributed by atoms with van der Waals surface area (Å²) in [6.45, 7) is 2.20. The van der Waals surface area contributed by atoms with Crippen molar-refractivity contribution in [3.8, 4) is 0 Å². The van der Waals surface area contributed by atoms with Gasteiger partial charge in [-0.25, -0.2) is 4.79 Å². The van der Waals surface area contributed by atoms with E-state index >= 15 is 0 Å². The van der Waals surface area contributed by atoms with Gasteiger partial charge < -0.3 is 9.47 Å². The lowest BCUT2D eigenvalue weighted by Crippen LogP contribution is -2.18. The van der Waals surface area contributed by atoms with E-state index in [1.54, 1.807) is 12.1 Å². The Morgan fingerprint density at radius 3 is 2.33 bits per heavy atom. The fraction of sp³-hybridized carbons (Fsp3) is 0.615. The van der Waals surface area contributed by atoms with Gasteiger partial charge in [0.05, 0.1) is 12.7 Å². The van der Waals surface area contributed by atoms with Crippen LogP contribution < -0.4 is 0 Å². The van der Waals surface area contributed by atoms with E-state index in [4.69, 9.17) is 4.74 Å². The van der Waals surface area contributed by atoms with Gasteiger partial charge in [0.15, 0.2) is 0 Å². The molecule has 0 bridgehead atoms. The third-order valence-corrected chi connectivity index (χ3v) is 5.21. The first kappa shape index (κ1) is 25.9. The number of esters is 2. The highest BCUT2D eigenvalue weighted by Crippen LogP contribution is 2.15. The van der Waals surface area contributed by atoms with Gasteiger partial charge >= 0.3 is 11.9 Å². The van der Waals surface area contributed by atoms with Crippen LogP contribution in [0.5, 0.6) is 0 Å². The van der Waals surface area contributed by atoms with Crippen LogP contribution in [0, 0.1) is 0 Å². The zero-order valence-corrected chi connectivity index (χ0v) is 18.9. The van der Waals surface area contributed by atoms with Crippen molar-refractivity contribution in [3.63, 3.8) is 0 Å². The lowest BCUT2D eigenvalue weighted by Gasteiger charge is -2.16. The topological polar surface area (TPSA) is 52.6 Å². The second kappa shape index (κ2) is 17.7. The molecule has 1 aromatic rings. The van der Waals surface area contributed by atoms with Crippen molar-refractivity contribution in [2.75, 3.05) is 7.11 Å². The molecule has 30 heavy (non-hydrogen) atoms. The van der Waals surface area contributed by atoms with Gasteiger partial charge in [0.1, 0.15) is 6.10 Å². The van der Waals surface area contributed by atoms with Crippen molar-refractivity contribution < 1.29 is 19.1 Å². The molecule has 0 aliphatic carbocycles. The summed E-state index contributed by atoms with van der Waals surface area (Å²) in [6.07, 6.45) is 17.8. The smallest absolute Gasteiger partial charge is 0.338 e. The summed E-state index contributed by atoms with van der Waals surface area (Å²) in [4.78, 5) is 23.4. The molecule has 0 aromatic heterocycles. The van der Waals surface area contributed by atoms with E-state index in [-0.39, 0.29) is 18.0 Å². The molecule has 1 aromatic carbocycles. The average Bonchev–Trinajstić information content (AvgIpc) is 2.77. The molecule has 0 saturated carbocycles. The molecule has 1 rings (SSSR count). The van der Waals surface area contributed by atoms with Gasteiger partial charge in [-0.15, -0.1) is 0 Å². The maximum Gasteiger partial charge on any atom is 0.338 e. The minimum absolute atomic E-state index is 0.0517. The molecule has 168 valence electrons. The largest absolute Gasteiger partial charge is 0.469 e. The van der Waals surface area contributed by atoms with Gasteiger partial charge in [-0.1, -0.05) is 75.8 Å². The van der Waals surface area contributed by atoms with E-state index in [0.717, 1.165) is 51.4 Å². The molecule has 4 nitrogen and oxygen atoms in total. The van der Waals surface area contributed by atoms with Gasteiger partial charge in [0.25, 0.3) is 0 Å². The number of unbranched alkanes of at least 4 members (excludes halogenated alkanes) is 8. The SMILES string of the molecule is CCCCCCC(C/C=C\CCCCCCCC(=O)OC)OC(=O)c1ccccc1. The minimum atomic E-state index is -0.226. The number of hydrogen-bond acceptors (Lipinski definition) is 4. The second-order valence-electron chi connectivity index (χ2n) is 7.83. The molecule has 0 fully saturated rings. The normalized spacial score (nSPS) is 12.1. The molecule has 0 aliphatic rings. The molecule has 0 heterocycles. The summed E-state index contributed by atoms with van der Waals surface area (Å²) in [6, 6.07) is 9.24. The molecular weight excluding hydrogens is 376 g/mol. The summed E-state index contributed by atoms with van der Waals surface area (Å²) in [7, 11) is 1.44. The lowest BCUT2D eigenvalue weighted by molar-refractivity contribution is -0.140. The zero-order chi connectivity index (χ0) is 21.9. The first-order valence-corrected chi connectivity index (χ1v) is 11.6. The van der Waals surface area contributed by atoms with Crippen LogP contribution in [0.2, 0.25) is 0 Å². The minimum Gasteiger partial charge on any atom is -0.469 e. The quantitative estimate of drug-likeness (QED) is 0.155. The number of allylic oxidation sites excluding steroid dienone is 1. The third kappa shape index (κ3) is 13.2. The van der Waals surface area contributed by atoms with Gasteiger partial charge in [-0.2, -0.15) is 0 Å². The first-order valence-electron chi connectivity index (χ1n) is 11.6. The molecule has 4 heteroatoms. The van der Waals surface area contributed by atoms with Gasteiger partial charge in [-0.3, -0.25) is 4.79 Å². The Balaban J connectivity index is 2.27. The van der Waals surface area contributed by atoms with Crippen molar-refractivity contribution >= 4 is 11.9 Å². The van der Waals surface area contributed by atoms with E-state index in [1.165, 1.54) is 32.8 Å². The highest BCUT2D eigenvalue weighted by atomic mass is 16.5. The van der Waals surface area contributed by atoms with Gasteiger partial charge in [0.2, 0.25) is 0 Å². The molecular formula is C26H40O4. The molecule has 0 radical (unpaired) electrons. The Kier molecular flexibility index (Phi) is 15.3. The number of carbonyl (C=O) groups is 2. The van der Waals surface area contributed by atoms with Crippen LogP contribution in [0.4, 0.5) is 0 Å². The van der Waals surface area contributed by atoms with Crippen molar-refractivity contribution in [2.24, 2.45) is 0 Å². The van der Waals surface area contributed by atoms with Crippen LogP contribution in [-0.2, 0) is 14.3 Å². The number of rotatable bonds is 17. The molecule has 0 amide bonds. The molecule has 0 saturated heterocycles. The fourth-order valence-corrected chi connectivity index (χ4v) is 3.35. The number of carbonyl (C=O) groups excluding carboxylic acids is 2. The summed E-state index contributed by atoms with van der Waals surface area (Å²) in [5, 5.41) is 0. The molecule has 1 unspecified atom stereocenters. The fourth-order valence-electron chi connectivity index (χ4n) is 3.35. The highest BCUT2D eigenvalue weighted by Gasteiger charge is 2.14. The van der Waals surface area contributed by atoms with Crippen LogP contribution in [0.25, 0.3) is 0 Å². The maximum absolute atomic E-state index is 12.4. The number of benzene rings is 1. The van der Waals surface area contributed by atoms with Crippen LogP contribution in [0.1, 0.15) is 101 Å². The van der Waals surface area contributed by atoms with Gasteiger partial charge in [-0.05, 0) is 44.2 Å². The lowest BCUT2D eigenvalue weighted by atomic mass is 10.1. The second-order valence-corrected chi connectivity index (χ2v) is 7.83. The summed E-state index contributed by atoms with van der Waals surface area (Å²) >= 11 is 0. The standard InChI is InChI=1S/C26H40O4/c1-3-4-5-15-20-24(30-26(28)23-18-13-12-14-19-23)21-16-10-8-6-7-9-11-17-22-25(27)29-2/h10,12-14,16,18-19,24H,3-9,11,15,17,20-22H2,1-2H3/b16-10-. The van der Waals surface area contributed by atoms with Crippen molar-refractivity contribution in [1.82, 2.24) is 0 Å². The summed E-state index contributed by atoms with van der Waals surface area (Å²) in [5.41, 5.74) is 0.618. The average molecular weight is 417 g/mol. The van der Waals surface area contributed by atoms with E-state index in [9.17, 15) is 9.59 Å². The predicted octanol–water partition coefficient (Wildman–Crippen LogP) is 7.03. The van der Waals surface area contributed by atoms with E-state index in [2.05, 4.69) is 23.8 Å². The highest BCUT2D eigenvalue weighted by molar-refractivity contribution is 5.89. The van der Waals surface area contributed by atoms with Crippen LogP contribution in [0.15, 0.2) is 42.5 Å². The molecule has 0 spiro atoms. The van der Waals surface area contributed by atoms with Gasteiger partial charge in [0, 0.05) is 12.8 Å². The van der Waals surface area contributed by atoms with Crippen LogP contribution >= 0.6 is 0 Å². The van der Waals surface area contributed by atoms with Crippen molar-refractivity contribution in [2.45, 2.75) is 96.5 Å². The van der Waals surface area contributed by atoms with E-state index in [0.29, 0.717) is 12.0 Å². The van der Waals surface area contributed by atoms with Crippen LogP contribution in [0.3, 0.4) is 0 Å². The Hall–Kier alpha value is -2.10. The maximum atomic E-state index is 12.4. The Labute approximate surface area is 183 Å². The molecule has 0 aliphatic heterocycles. The van der Waals surface area contributed by atoms with Crippen molar-refractivity contribution in [1.29, 1.82) is 0 Å². The number of hydrogen-bond donors (Lipinski definition) is 0. The Morgan fingerprint density at radius 2 is 1.60 bits per heavy atom.